The Hall–Kier alpha value is -2.52. The van der Waals surface area contributed by atoms with Gasteiger partial charge in [0, 0.05) is 24.8 Å². The van der Waals surface area contributed by atoms with Crippen LogP contribution in [0.4, 0.5) is 29.3 Å². The predicted octanol–water partition coefficient (Wildman–Crippen LogP) is 1.69. The number of hydrogen-bond donors (Lipinski definition) is 3. The van der Waals surface area contributed by atoms with Gasteiger partial charge in [0.15, 0.2) is 0 Å². The van der Waals surface area contributed by atoms with Gasteiger partial charge in [-0.1, -0.05) is 0 Å². The van der Waals surface area contributed by atoms with E-state index in [0.717, 1.165) is 12.1 Å². The van der Waals surface area contributed by atoms with Crippen molar-refractivity contribution in [3.63, 3.8) is 0 Å². The molecule has 0 saturated carbocycles. The number of anilines is 1. The number of carbonyl (C=O) groups is 1. The molecule has 1 aromatic rings. The van der Waals surface area contributed by atoms with E-state index >= 15 is 0 Å². The SMILES string of the molecule is NC(=O)NCCNc1ccc([N+](=O)[O-])c(C(F)(F)F)c1. The summed E-state index contributed by atoms with van der Waals surface area (Å²) in [6.45, 7) is 0.228. The first kappa shape index (κ1) is 15.5. The largest absolute Gasteiger partial charge is 0.423 e. The zero-order valence-electron chi connectivity index (χ0n) is 10.0. The highest BCUT2D eigenvalue weighted by molar-refractivity contribution is 5.71. The first-order valence-electron chi connectivity index (χ1n) is 5.34. The maximum Gasteiger partial charge on any atom is 0.423 e. The van der Waals surface area contributed by atoms with Gasteiger partial charge in [0.2, 0.25) is 0 Å². The number of rotatable bonds is 5. The molecule has 0 spiro atoms. The van der Waals surface area contributed by atoms with Gasteiger partial charge in [-0.05, 0) is 12.1 Å². The van der Waals surface area contributed by atoms with Crippen LogP contribution in [0.25, 0.3) is 0 Å². The van der Waals surface area contributed by atoms with Gasteiger partial charge < -0.3 is 16.4 Å². The molecule has 110 valence electrons. The number of hydrogen-bond acceptors (Lipinski definition) is 4. The Labute approximate surface area is 111 Å². The van der Waals surface area contributed by atoms with Crippen LogP contribution in [0.2, 0.25) is 0 Å². The molecule has 0 aromatic heterocycles. The predicted molar refractivity (Wildman–Crippen MR) is 64.2 cm³/mol. The summed E-state index contributed by atoms with van der Waals surface area (Å²) in [6.07, 6.45) is -4.83. The third-order valence-corrected chi connectivity index (χ3v) is 2.25. The van der Waals surface area contributed by atoms with E-state index in [1.807, 2.05) is 0 Å². The number of amides is 2. The summed E-state index contributed by atoms with van der Waals surface area (Å²) in [6, 6.07) is 1.80. The zero-order valence-corrected chi connectivity index (χ0v) is 10.0. The Morgan fingerprint density at radius 1 is 1.35 bits per heavy atom. The molecular formula is C10H11F3N4O3. The molecule has 7 nitrogen and oxygen atoms in total. The van der Waals surface area contributed by atoms with Crippen molar-refractivity contribution in [1.29, 1.82) is 0 Å². The van der Waals surface area contributed by atoms with E-state index in [9.17, 15) is 28.1 Å². The van der Waals surface area contributed by atoms with E-state index in [4.69, 9.17) is 5.73 Å². The summed E-state index contributed by atoms with van der Waals surface area (Å²) < 4.78 is 38.0. The van der Waals surface area contributed by atoms with Crippen molar-refractivity contribution < 1.29 is 22.9 Å². The summed E-state index contributed by atoms with van der Waals surface area (Å²) in [5.41, 5.74) is 2.50. The maximum atomic E-state index is 12.7. The number of primary amides is 1. The van der Waals surface area contributed by atoms with Gasteiger partial charge in [-0.3, -0.25) is 10.1 Å². The van der Waals surface area contributed by atoms with E-state index in [1.54, 1.807) is 0 Å². The maximum absolute atomic E-state index is 12.7. The van der Waals surface area contributed by atoms with Crippen LogP contribution in [0, 0.1) is 10.1 Å². The molecule has 10 heteroatoms. The number of carbonyl (C=O) groups excluding carboxylic acids is 1. The van der Waals surface area contributed by atoms with Crippen LogP contribution in [-0.2, 0) is 6.18 Å². The number of nitrogens with zero attached hydrogens (tertiary/aromatic N) is 1. The Bertz CT molecular complexity index is 519. The number of nitrogens with one attached hydrogen (secondary N) is 2. The van der Waals surface area contributed by atoms with Crippen LogP contribution < -0.4 is 16.4 Å². The number of urea groups is 1. The van der Waals surface area contributed by atoms with Crippen LogP contribution in [0.1, 0.15) is 5.56 Å². The summed E-state index contributed by atoms with van der Waals surface area (Å²) in [5, 5.41) is 15.4. The highest BCUT2D eigenvalue weighted by Gasteiger charge is 2.38. The number of nitrogens with two attached hydrogens (primary N) is 1. The minimum absolute atomic E-state index is 0.0502. The Morgan fingerprint density at radius 2 is 2.00 bits per heavy atom. The van der Waals surface area contributed by atoms with Crippen LogP contribution in [-0.4, -0.2) is 24.0 Å². The van der Waals surface area contributed by atoms with Crippen LogP contribution in [0.3, 0.4) is 0 Å². The van der Waals surface area contributed by atoms with Gasteiger partial charge in [0.25, 0.3) is 5.69 Å². The lowest BCUT2D eigenvalue weighted by atomic mass is 10.1. The number of nitro benzene ring substituents is 1. The fraction of sp³-hybridized carbons (Fsp3) is 0.300. The smallest absolute Gasteiger partial charge is 0.383 e. The Kier molecular flexibility index (Phi) is 4.73. The van der Waals surface area contributed by atoms with Crippen LogP contribution in [0.5, 0.6) is 0 Å². The molecule has 0 fully saturated rings. The number of nitro groups is 1. The first-order chi connectivity index (χ1) is 9.21. The van der Waals surface area contributed by atoms with Gasteiger partial charge >= 0.3 is 12.2 Å². The molecular weight excluding hydrogens is 281 g/mol. The molecule has 20 heavy (non-hydrogen) atoms. The monoisotopic (exact) mass is 292 g/mol. The van der Waals surface area contributed by atoms with Crippen LogP contribution >= 0.6 is 0 Å². The highest BCUT2D eigenvalue weighted by atomic mass is 19.4. The minimum atomic E-state index is -4.83. The molecule has 2 amide bonds. The van der Waals surface area contributed by atoms with Crippen molar-refractivity contribution in [3.05, 3.63) is 33.9 Å². The second-order valence-corrected chi connectivity index (χ2v) is 3.70. The molecule has 0 aliphatic rings. The standard InChI is InChI=1S/C10H11F3N4O3/c11-10(12,13)7-5-6(1-2-8(7)17(19)20)15-3-4-16-9(14)18/h1-2,5,15H,3-4H2,(H3,14,16,18). The lowest BCUT2D eigenvalue weighted by Gasteiger charge is -2.11. The molecule has 0 unspecified atom stereocenters. The molecule has 0 bridgehead atoms. The molecule has 0 heterocycles. The summed E-state index contributed by atoms with van der Waals surface area (Å²) in [7, 11) is 0. The molecule has 0 atom stereocenters. The quantitative estimate of drug-likeness (QED) is 0.435. The van der Waals surface area contributed by atoms with E-state index in [2.05, 4.69) is 10.6 Å². The lowest BCUT2D eigenvalue weighted by molar-refractivity contribution is -0.388. The van der Waals surface area contributed by atoms with Crippen molar-refractivity contribution in [2.24, 2.45) is 5.73 Å². The molecule has 0 aliphatic carbocycles. The van der Waals surface area contributed by atoms with Gasteiger partial charge in [0.1, 0.15) is 5.56 Å². The van der Waals surface area contributed by atoms with Crippen molar-refractivity contribution in [1.82, 2.24) is 5.32 Å². The normalized spacial score (nSPS) is 10.9. The fourth-order valence-electron chi connectivity index (χ4n) is 1.42. The molecule has 1 rings (SSSR count). The summed E-state index contributed by atoms with van der Waals surface area (Å²) in [4.78, 5) is 19.8. The minimum Gasteiger partial charge on any atom is -0.383 e. The average molecular weight is 292 g/mol. The van der Waals surface area contributed by atoms with Crippen molar-refractivity contribution in [3.8, 4) is 0 Å². The molecule has 0 saturated heterocycles. The molecule has 0 radical (unpaired) electrons. The summed E-state index contributed by atoms with van der Waals surface area (Å²) in [5.74, 6) is 0. The van der Waals surface area contributed by atoms with E-state index in [1.165, 1.54) is 0 Å². The van der Waals surface area contributed by atoms with Crippen molar-refractivity contribution in [2.75, 3.05) is 18.4 Å². The highest BCUT2D eigenvalue weighted by Crippen LogP contribution is 2.37. The first-order valence-corrected chi connectivity index (χ1v) is 5.34. The van der Waals surface area contributed by atoms with Gasteiger partial charge in [-0.25, -0.2) is 4.79 Å². The second kappa shape index (κ2) is 6.08. The number of benzene rings is 1. The average Bonchev–Trinajstić information content (AvgIpc) is 2.33. The lowest BCUT2D eigenvalue weighted by Crippen LogP contribution is -2.33. The molecule has 0 aliphatic heterocycles. The Morgan fingerprint density at radius 3 is 2.50 bits per heavy atom. The van der Waals surface area contributed by atoms with E-state index in [0.29, 0.717) is 6.07 Å². The molecule has 1 aromatic carbocycles. The van der Waals surface area contributed by atoms with Gasteiger partial charge in [-0.2, -0.15) is 13.2 Å². The zero-order chi connectivity index (χ0) is 15.3. The second-order valence-electron chi connectivity index (χ2n) is 3.70. The third kappa shape index (κ3) is 4.30. The number of halogens is 3. The molecule has 4 N–H and O–H groups in total. The van der Waals surface area contributed by atoms with Crippen molar-refractivity contribution >= 4 is 17.4 Å². The number of alkyl halides is 3. The van der Waals surface area contributed by atoms with E-state index < -0.39 is 28.4 Å². The van der Waals surface area contributed by atoms with Gasteiger partial charge in [-0.15, -0.1) is 0 Å². The Balaban J connectivity index is 2.85. The third-order valence-electron chi connectivity index (χ3n) is 2.25. The van der Waals surface area contributed by atoms with Crippen LogP contribution in [0.15, 0.2) is 18.2 Å². The van der Waals surface area contributed by atoms with E-state index in [-0.39, 0.29) is 18.8 Å². The fourth-order valence-corrected chi connectivity index (χ4v) is 1.42. The topological polar surface area (TPSA) is 110 Å². The summed E-state index contributed by atoms with van der Waals surface area (Å²) >= 11 is 0. The van der Waals surface area contributed by atoms with Crippen molar-refractivity contribution in [2.45, 2.75) is 6.18 Å². The van der Waals surface area contributed by atoms with Gasteiger partial charge in [0.05, 0.1) is 4.92 Å².